The average molecular weight is 274 g/mol. The number of nitrogens with two attached hydrogens (primary N) is 1. The van der Waals surface area contributed by atoms with E-state index < -0.39 is 6.04 Å². The third kappa shape index (κ3) is 3.31. The summed E-state index contributed by atoms with van der Waals surface area (Å²) in [7, 11) is 1.59. The molecule has 0 radical (unpaired) electrons. The molecule has 0 fully saturated rings. The molecule has 0 spiro atoms. The Labute approximate surface area is 112 Å². The van der Waals surface area contributed by atoms with Crippen LogP contribution in [0.15, 0.2) is 6.20 Å². The Morgan fingerprint density at radius 2 is 2.22 bits per heavy atom. The fourth-order valence-electron chi connectivity index (χ4n) is 1.50. The summed E-state index contributed by atoms with van der Waals surface area (Å²) in [6, 6.07) is -0.618. The van der Waals surface area contributed by atoms with Crippen LogP contribution < -0.4 is 5.73 Å². The minimum atomic E-state index is -0.618. The summed E-state index contributed by atoms with van der Waals surface area (Å²) in [5.74, 6) is -0.193. The molecule has 1 heterocycles. The smallest absolute Gasteiger partial charge is 0.199 e. The summed E-state index contributed by atoms with van der Waals surface area (Å²) in [5.41, 5.74) is 6.01. The van der Waals surface area contributed by atoms with Gasteiger partial charge in [-0.3, -0.25) is 9.48 Å². The highest BCUT2D eigenvalue weighted by atomic mass is 35.5. The normalized spacial score (nSPS) is 13.7. The molecule has 5 nitrogen and oxygen atoms in total. The zero-order valence-electron chi connectivity index (χ0n) is 11.2. The monoisotopic (exact) mass is 273 g/mol. The van der Waals surface area contributed by atoms with Crippen molar-refractivity contribution < 1.29 is 9.53 Å². The highest BCUT2D eigenvalue weighted by molar-refractivity contribution is 6.33. The highest BCUT2D eigenvalue weighted by Gasteiger charge is 2.31. The molecule has 0 saturated heterocycles. The lowest BCUT2D eigenvalue weighted by Crippen LogP contribution is -2.43. The van der Waals surface area contributed by atoms with Gasteiger partial charge in [0.1, 0.15) is 5.69 Å². The maximum Gasteiger partial charge on any atom is 0.199 e. The molecule has 1 unspecified atom stereocenters. The Morgan fingerprint density at radius 1 is 1.61 bits per heavy atom. The van der Waals surface area contributed by atoms with Gasteiger partial charge in [-0.25, -0.2) is 0 Å². The summed E-state index contributed by atoms with van der Waals surface area (Å²) in [5, 5.41) is 4.40. The maximum absolute atomic E-state index is 12.3. The average Bonchev–Trinajstić information content (AvgIpc) is 2.64. The third-order valence-electron chi connectivity index (χ3n) is 2.75. The van der Waals surface area contributed by atoms with Crippen molar-refractivity contribution in [3.05, 3.63) is 16.9 Å². The molecule has 18 heavy (non-hydrogen) atoms. The zero-order chi connectivity index (χ0) is 13.9. The molecule has 0 saturated carbocycles. The van der Waals surface area contributed by atoms with E-state index in [4.69, 9.17) is 22.1 Å². The number of nitrogens with zero attached hydrogens (tertiary/aromatic N) is 2. The quantitative estimate of drug-likeness (QED) is 0.830. The van der Waals surface area contributed by atoms with Crippen LogP contribution in [0.1, 0.15) is 31.3 Å². The fraction of sp³-hybridized carbons (Fsp3) is 0.667. The van der Waals surface area contributed by atoms with Crippen molar-refractivity contribution in [1.82, 2.24) is 9.78 Å². The van der Waals surface area contributed by atoms with Gasteiger partial charge in [0.2, 0.25) is 0 Å². The molecule has 0 amide bonds. The van der Waals surface area contributed by atoms with Crippen LogP contribution in [0.2, 0.25) is 5.02 Å². The number of halogens is 1. The van der Waals surface area contributed by atoms with E-state index in [1.54, 1.807) is 11.8 Å². The van der Waals surface area contributed by atoms with Crippen LogP contribution in [0.5, 0.6) is 0 Å². The van der Waals surface area contributed by atoms with E-state index in [-0.39, 0.29) is 11.2 Å². The van der Waals surface area contributed by atoms with Crippen molar-refractivity contribution in [3.8, 4) is 0 Å². The molecular weight excluding hydrogens is 254 g/mol. The molecule has 1 aromatic heterocycles. The zero-order valence-corrected chi connectivity index (χ0v) is 12.0. The first-order chi connectivity index (χ1) is 8.29. The van der Waals surface area contributed by atoms with Crippen LogP contribution in [0.25, 0.3) is 0 Å². The predicted octanol–water partition coefficient (Wildman–Crippen LogP) is 1.74. The van der Waals surface area contributed by atoms with E-state index in [0.717, 1.165) is 0 Å². The number of hydrogen-bond donors (Lipinski definition) is 1. The molecule has 0 bridgehead atoms. The second-order valence-corrected chi connectivity index (χ2v) is 5.67. The lowest BCUT2D eigenvalue weighted by atomic mass is 9.84. The van der Waals surface area contributed by atoms with Crippen molar-refractivity contribution in [3.63, 3.8) is 0 Å². The summed E-state index contributed by atoms with van der Waals surface area (Å²) in [6.07, 6.45) is 1.46. The molecular formula is C12H20ClN3O2. The van der Waals surface area contributed by atoms with Gasteiger partial charge in [0.05, 0.1) is 30.4 Å². The number of ether oxygens (including phenoxy) is 1. The van der Waals surface area contributed by atoms with E-state index in [1.807, 2.05) is 20.8 Å². The Morgan fingerprint density at radius 3 is 2.72 bits per heavy atom. The second kappa shape index (κ2) is 5.82. The number of carbonyl (C=O) groups is 1. The van der Waals surface area contributed by atoms with Gasteiger partial charge >= 0.3 is 0 Å². The fourth-order valence-corrected chi connectivity index (χ4v) is 1.73. The van der Waals surface area contributed by atoms with Gasteiger partial charge in [-0.1, -0.05) is 32.4 Å². The largest absolute Gasteiger partial charge is 0.383 e. The first-order valence-corrected chi connectivity index (χ1v) is 6.17. The number of hydrogen-bond acceptors (Lipinski definition) is 4. The summed E-state index contributed by atoms with van der Waals surface area (Å²) < 4.78 is 6.51. The van der Waals surface area contributed by atoms with Gasteiger partial charge in [0.25, 0.3) is 0 Å². The van der Waals surface area contributed by atoms with Gasteiger partial charge < -0.3 is 10.5 Å². The third-order valence-corrected chi connectivity index (χ3v) is 3.03. The van der Waals surface area contributed by atoms with E-state index >= 15 is 0 Å². The minimum Gasteiger partial charge on any atom is -0.383 e. The maximum atomic E-state index is 12.3. The Kier molecular flexibility index (Phi) is 4.90. The molecule has 0 aliphatic heterocycles. The van der Waals surface area contributed by atoms with Crippen LogP contribution >= 0.6 is 11.6 Å². The Bertz CT molecular complexity index is 423. The van der Waals surface area contributed by atoms with Crippen molar-refractivity contribution in [2.45, 2.75) is 33.4 Å². The molecule has 0 aliphatic rings. The molecule has 0 aliphatic carbocycles. The first kappa shape index (κ1) is 15.1. The Balaban J connectivity index is 3.01. The van der Waals surface area contributed by atoms with Gasteiger partial charge in [-0.15, -0.1) is 0 Å². The van der Waals surface area contributed by atoms with Gasteiger partial charge in [-0.05, 0) is 5.41 Å². The van der Waals surface area contributed by atoms with Crippen molar-refractivity contribution in [2.75, 3.05) is 13.7 Å². The summed E-state index contributed by atoms with van der Waals surface area (Å²) in [4.78, 5) is 12.3. The van der Waals surface area contributed by atoms with Crippen molar-refractivity contribution in [1.29, 1.82) is 0 Å². The SMILES string of the molecule is COCCn1ncc(Cl)c1C(=O)C(N)C(C)(C)C. The summed E-state index contributed by atoms with van der Waals surface area (Å²) >= 11 is 6.01. The van der Waals surface area contributed by atoms with E-state index in [1.165, 1.54) is 6.20 Å². The lowest BCUT2D eigenvalue weighted by Gasteiger charge is -2.25. The number of methoxy groups -OCH3 is 1. The van der Waals surface area contributed by atoms with E-state index in [2.05, 4.69) is 5.10 Å². The number of carbonyl (C=O) groups excluding carboxylic acids is 1. The van der Waals surface area contributed by atoms with Crippen LogP contribution in [0, 0.1) is 5.41 Å². The molecule has 102 valence electrons. The number of aromatic nitrogens is 2. The highest BCUT2D eigenvalue weighted by Crippen LogP contribution is 2.24. The van der Waals surface area contributed by atoms with E-state index in [9.17, 15) is 4.79 Å². The molecule has 1 aromatic rings. The number of rotatable bonds is 5. The first-order valence-electron chi connectivity index (χ1n) is 5.79. The van der Waals surface area contributed by atoms with Crippen molar-refractivity contribution in [2.24, 2.45) is 11.1 Å². The standard InChI is InChI=1S/C12H20ClN3O2/c1-12(2,3)11(14)10(17)9-8(13)7-15-16(9)5-6-18-4/h7,11H,5-6,14H2,1-4H3. The van der Waals surface area contributed by atoms with Crippen LogP contribution in [0.3, 0.4) is 0 Å². The molecule has 1 atom stereocenters. The minimum absolute atomic E-state index is 0.193. The second-order valence-electron chi connectivity index (χ2n) is 5.27. The van der Waals surface area contributed by atoms with Crippen LogP contribution in [0.4, 0.5) is 0 Å². The molecule has 6 heteroatoms. The van der Waals surface area contributed by atoms with Gasteiger partial charge in [-0.2, -0.15) is 5.10 Å². The lowest BCUT2D eigenvalue weighted by molar-refractivity contribution is 0.0887. The number of Topliss-reactive ketones (excluding diaryl/α,β-unsaturated/α-hetero) is 1. The van der Waals surface area contributed by atoms with Gasteiger partial charge in [0, 0.05) is 7.11 Å². The van der Waals surface area contributed by atoms with Crippen molar-refractivity contribution >= 4 is 17.4 Å². The number of ketones is 1. The topological polar surface area (TPSA) is 70.1 Å². The predicted molar refractivity (Wildman–Crippen MR) is 70.9 cm³/mol. The van der Waals surface area contributed by atoms with Crippen LogP contribution in [-0.2, 0) is 11.3 Å². The van der Waals surface area contributed by atoms with Gasteiger partial charge in [0.15, 0.2) is 5.78 Å². The summed E-state index contributed by atoms with van der Waals surface area (Å²) in [6.45, 7) is 6.68. The Hall–Kier alpha value is -0.910. The molecule has 1 rings (SSSR count). The molecule has 2 N–H and O–H groups in total. The molecule has 0 aromatic carbocycles. The van der Waals surface area contributed by atoms with Crippen LogP contribution in [-0.4, -0.2) is 35.3 Å². The van der Waals surface area contributed by atoms with E-state index in [0.29, 0.717) is 23.9 Å².